The lowest BCUT2D eigenvalue weighted by Gasteiger charge is -2.04. The Kier molecular flexibility index (Phi) is 3.23. The van der Waals surface area contributed by atoms with E-state index >= 15 is 0 Å². The second kappa shape index (κ2) is 4.41. The van der Waals surface area contributed by atoms with Gasteiger partial charge in [0.1, 0.15) is 6.29 Å². The van der Waals surface area contributed by atoms with Gasteiger partial charge in [0, 0.05) is 11.3 Å². The van der Waals surface area contributed by atoms with E-state index in [4.69, 9.17) is 5.73 Å². The molecule has 1 rings (SSSR count). The van der Waals surface area contributed by atoms with Crippen molar-refractivity contribution in [3.05, 3.63) is 29.3 Å². The van der Waals surface area contributed by atoms with Crippen LogP contribution >= 0.6 is 0 Å². The Bertz CT molecular complexity index is 360. The summed E-state index contributed by atoms with van der Waals surface area (Å²) in [5.74, 6) is -0.377. The molecule has 74 valence electrons. The third-order valence-electron chi connectivity index (χ3n) is 1.86. The van der Waals surface area contributed by atoms with E-state index in [0.29, 0.717) is 23.1 Å². The van der Waals surface area contributed by atoms with Gasteiger partial charge in [-0.2, -0.15) is 0 Å². The fourth-order valence-corrected chi connectivity index (χ4v) is 1.11. The average Bonchev–Trinajstić information content (AvgIpc) is 2.20. The first-order valence-corrected chi connectivity index (χ1v) is 4.07. The summed E-state index contributed by atoms with van der Waals surface area (Å²) in [6.45, 7) is 0. The molecular formula is C10H11NO3. The molecule has 1 aromatic carbocycles. The number of nitrogens with two attached hydrogens (primary N) is 1. The molecule has 0 spiro atoms. The third kappa shape index (κ3) is 2.32. The molecule has 0 aromatic heterocycles. The van der Waals surface area contributed by atoms with Gasteiger partial charge in [-0.05, 0) is 17.7 Å². The topological polar surface area (TPSA) is 69.4 Å². The van der Waals surface area contributed by atoms with Gasteiger partial charge in [-0.25, -0.2) is 0 Å². The lowest BCUT2D eigenvalue weighted by molar-refractivity contribution is -0.139. The Morgan fingerprint density at radius 2 is 2.29 bits per heavy atom. The molecule has 0 saturated carbocycles. The Balaban J connectivity index is 2.96. The Hall–Kier alpha value is -1.84. The number of anilines is 1. The number of benzene rings is 1. The molecule has 4 nitrogen and oxygen atoms in total. The molecule has 0 heterocycles. The maximum absolute atomic E-state index is 11.0. The first-order chi connectivity index (χ1) is 6.67. The van der Waals surface area contributed by atoms with Crippen LogP contribution in [-0.2, 0) is 16.0 Å². The highest BCUT2D eigenvalue weighted by Crippen LogP contribution is 2.12. The number of nitrogen functional groups attached to an aromatic ring is 1. The van der Waals surface area contributed by atoms with Crippen LogP contribution in [0.2, 0.25) is 0 Å². The number of rotatable bonds is 3. The van der Waals surface area contributed by atoms with Crippen LogP contribution in [0.25, 0.3) is 0 Å². The van der Waals surface area contributed by atoms with Gasteiger partial charge in [-0.1, -0.05) is 6.07 Å². The lowest BCUT2D eigenvalue weighted by Crippen LogP contribution is -2.07. The van der Waals surface area contributed by atoms with Gasteiger partial charge in [0.15, 0.2) is 0 Å². The van der Waals surface area contributed by atoms with Crippen molar-refractivity contribution < 1.29 is 14.3 Å². The maximum Gasteiger partial charge on any atom is 0.310 e. The molecule has 0 amide bonds. The van der Waals surface area contributed by atoms with E-state index in [1.165, 1.54) is 13.2 Å². The van der Waals surface area contributed by atoms with E-state index in [-0.39, 0.29) is 12.4 Å². The van der Waals surface area contributed by atoms with Gasteiger partial charge in [-0.15, -0.1) is 0 Å². The second-order valence-corrected chi connectivity index (χ2v) is 2.83. The highest BCUT2D eigenvalue weighted by Gasteiger charge is 2.07. The van der Waals surface area contributed by atoms with E-state index < -0.39 is 0 Å². The molecule has 14 heavy (non-hydrogen) atoms. The van der Waals surface area contributed by atoms with Crippen molar-refractivity contribution in [2.45, 2.75) is 6.42 Å². The van der Waals surface area contributed by atoms with Gasteiger partial charge in [0.2, 0.25) is 0 Å². The molecule has 0 fully saturated rings. The van der Waals surface area contributed by atoms with Crippen molar-refractivity contribution >= 4 is 17.9 Å². The first-order valence-electron chi connectivity index (χ1n) is 4.07. The molecule has 0 atom stereocenters. The summed E-state index contributed by atoms with van der Waals surface area (Å²) in [5.41, 5.74) is 7.04. The van der Waals surface area contributed by atoms with Crippen LogP contribution in [-0.4, -0.2) is 19.4 Å². The Labute approximate surface area is 81.7 Å². The minimum absolute atomic E-state index is 0.0881. The van der Waals surface area contributed by atoms with Crippen molar-refractivity contribution in [1.82, 2.24) is 0 Å². The molecule has 0 aliphatic carbocycles. The minimum Gasteiger partial charge on any atom is -0.469 e. The van der Waals surface area contributed by atoms with E-state index in [1.807, 2.05) is 0 Å². The summed E-state index contributed by atoms with van der Waals surface area (Å²) >= 11 is 0. The van der Waals surface area contributed by atoms with Crippen LogP contribution in [0.5, 0.6) is 0 Å². The van der Waals surface area contributed by atoms with Crippen LogP contribution in [0.3, 0.4) is 0 Å². The average molecular weight is 193 g/mol. The van der Waals surface area contributed by atoms with Crippen molar-refractivity contribution in [3.8, 4) is 0 Å². The largest absolute Gasteiger partial charge is 0.469 e. The summed E-state index contributed by atoms with van der Waals surface area (Å²) in [5, 5.41) is 0. The predicted octanol–water partition coefficient (Wildman–Crippen LogP) is 0.797. The fraction of sp³-hybridized carbons (Fsp3) is 0.200. The normalized spacial score (nSPS) is 9.50. The predicted molar refractivity (Wildman–Crippen MR) is 52.0 cm³/mol. The summed E-state index contributed by atoms with van der Waals surface area (Å²) in [6, 6.07) is 4.83. The highest BCUT2D eigenvalue weighted by atomic mass is 16.5. The van der Waals surface area contributed by atoms with Gasteiger partial charge in [-0.3, -0.25) is 9.59 Å². The first kappa shape index (κ1) is 10.2. The second-order valence-electron chi connectivity index (χ2n) is 2.83. The summed E-state index contributed by atoms with van der Waals surface area (Å²) in [6.07, 6.45) is 0.763. The molecule has 0 saturated heterocycles. The van der Waals surface area contributed by atoms with Crippen molar-refractivity contribution in [3.63, 3.8) is 0 Å². The number of ether oxygens (including phenoxy) is 1. The molecule has 4 heteroatoms. The number of carbonyl (C=O) groups is 2. The molecule has 0 aliphatic rings. The zero-order chi connectivity index (χ0) is 10.6. The quantitative estimate of drug-likeness (QED) is 0.438. The molecule has 0 unspecified atom stereocenters. The Morgan fingerprint density at radius 3 is 2.86 bits per heavy atom. The third-order valence-corrected chi connectivity index (χ3v) is 1.86. The van der Waals surface area contributed by atoms with Crippen molar-refractivity contribution in [2.75, 3.05) is 12.8 Å². The van der Waals surface area contributed by atoms with Gasteiger partial charge in [0.25, 0.3) is 0 Å². The van der Waals surface area contributed by atoms with E-state index in [1.54, 1.807) is 12.1 Å². The fourth-order valence-electron chi connectivity index (χ4n) is 1.11. The number of aldehydes is 1. The van der Waals surface area contributed by atoms with Gasteiger partial charge in [0.05, 0.1) is 13.5 Å². The molecule has 1 aromatic rings. The maximum atomic E-state index is 11.0. The number of hydrogen-bond donors (Lipinski definition) is 1. The van der Waals surface area contributed by atoms with Crippen LogP contribution in [0.15, 0.2) is 18.2 Å². The molecular weight excluding hydrogens is 182 g/mol. The SMILES string of the molecule is COC(=O)Cc1ccc(N)cc1C=O. The molecule has 0 radical (unpaired) electrons. The van der Waals surface area contributed by atoms with Crippen molar-refractivity contribution in [1.29, 1.82) is 0 Å². The minimum atomic E-state index is -0.377. The Morgan fingerprint density at radius 1 is 1.57 bits per heavy atom. The zero-order valence-corrected chi connectivity index (χ0v) is 7.82. The van der Waals surface area contributed by atoms with E-state index in [9.17, 15) is 9.59 Å². The molecule has 0 bridgehead atoms. The summed E-state index contributed by atoms with van der Waals surface area (Å²) < 4.78 is 4.50. The highest BCUT2D eigenvalue weighted by molar-refractivity contribution is 5.83. The number of hydrogen-bond acceptors (Lipinski definition) is 4. The van der Waals surface area contributed by atoms with E-state index in [2.05, 4.69) is 4.74 Å². The monoisotopic (exact) mass is 193 g/mol. The number of methoxy groups -OCH3 is 1. The smallest absolute Gasteiger partial charge is 0.310 e. The van der Waals surface area contributed by atoms with Gasteiger partial charge < -0.3 is 10.5 Å². The lowest BCUT2D eigenvalue weighted by atomic mass is 10.0. The standard InChI is InChI=1S/C10H11NO3/c1-14-10(13)5-7-2-3-9(11)4-8(7)6-12/h2-4,6H,5,11H2,1H3. The van der Waals surface area contributed by atoms with Gasteiger partial charge >= 0.3 is 5.97 Å². The van der Waals surface area contributed by atoms with Crippen LogP contribution < -0.4 is 5.73 Å². The van der Waals surface area contributed by atoms with E-state index in [0.717, 1.165) is 0 Å². The number of carbonyl (C=O) groups excluding carboxylic acids is 2. The van der Waals surface area contributed by atoms with Crippen LogP contribution in [0.4, 0.5) is 5.69 Å². The van der Waals surface area contributed by atoms with Crippen LogP contribution in [0, 0.1) is 0 Å². The molecule has 2 N–H and O–H groups in total. The van der Waals surface area contributed by atoms with Crippen LogP contribution in [0.1, 0.15) is 15.9 Å². The molecule has 0 aliphatic heterocycles. The zero-order valence-electron chi connectivity index (χ0n) is 7.82. The summed E-state index contributed by atoms with van der Waals surface area (Å²) in [4.78, 5) is 21.6. The summed E-state index contributed by atoms with van der Waals surface area (Å²) in [7, 11) is 1.31. The number of esters is 1. The van der Waals surface area contributed by atoms with Crippen molar-refractivity contribution in [2.24, 2.45) is 0 Å².